The van der Waals surface area contributed by atoms with Crippen LogP contribution in [-0.4, -0.2) is 28.2 Å². The lowest BCUT2D eigenvalue weighted by atomic mass is 9.72. The predicted octanol–water partition coefficient (Wildman–Crippen LogP) is 4.89. The topological polar surface area (TPSA) is 12.8 Å². The van der Waals surface area contributed by atoms with Gasteiger partial charge in [0, 0.05) is 29.5 Å². The van der Waals surface area contributed by atoms with E-state index in [2.05, 4.69) is 0 Å². The zero-order chi connectivity index (χ0) is 13.9. The van der Waals surface area contributed by atoms with E-state index in [1.165, 1.54) is 64.2 Å². The Morgan fingerprint density at radius 3 is 1.75 bits per heavy atom. The summed E-state index contributed by atoms with van der Waals surface area (Å²) in [5.74, 6) is 2.69. The first-order valence-electron chi connectivity index (χ1n) is 8.67. The molecule has 1 aliphatic heterocycles. The van der Waals surface area contributed by atoms with Gasteiger partial charge in [-0.05, 0) is 63.2 Å². The first-order chi connectivity index (χ1) is 9.72. The van der Waals surface area contributed by atoms with Crippen LogP contribution >= 0.6 is 23.2 Å². The molecule has 0 aromatic carbocycles. The highest BCUT2D eigenvalue weighted by atomic mass is 35.5. The molecule has 2 atom stereocenters. The van der Waals surface area contributed by atoms with Crippen molar-refractivity contribution in [1.82, 2.24) is 0 Å². The second-order valence-electron chi connectivity index (χ2n) is 7.28. The fraction of sp³-hybridized carbons (Fsp3) is 1.00. The highest BCUT2D eigenvalue weighted by Gasteiger charge is 2.38. The Morgan fingerprint density at radius 1 is 0.600 bits per heavy atom. The molecule has 2 saturated carbocycles. The van der Waals surface area contributed by atoms with Crippen LogP contribution in [0.15, 0.2) is 0 Å². The molecule has 2 aliphatic carbocycles. The lowest BCUT2D eigenvalue weighted by Gasteiger charge is -2.38. The maximum atomic E-state index is 6.25. The van der Waals surface area contributed by atoms with Gasteiger partial charge in [-0.3, -0.25) is 0 Å². The average molecular weight is 320 g/mol. The Hall–Kier alpha value is 0.540. The summed E-state index contributed by atoms with van der Waals surface area (Å²) in [4.78, 5) is 0. The van der Waals surface area contributed by atoms with Crippen LogP contribution in [0.5, 0.6) is 0 Å². The van der Waals surface area contributed by atoms with Crippen LogP contribution in [0, 0.1) is 17.8 Å². The monoisotopic (exact) mass is 319 g/mol. The maximum absolute atomic E-state index is 6.25. The Morgan fingerprint density at radius 2 is 1.15 bits per heavy atom. The zero-order valence-electron chi connectivity index (χ0n) is 12.4. The summed E-state index contributed by atoms with van der Waals surface area (Å²) < 4.78 is 4.97. The minimum atomic E-state index is 0.435. The molecule has 3 fully saturated rings. The third-order valence-electron chi connectivity index (χ3n) is 6.02. The van der Waals surface area contributed by atoms with Crippen molar-refractivity contribution in [3.63, 3.8) is 0 Å². The quantitative estimate of drug-likeness (QED) is 0.508. The van der Waals surface area contributed by atoms with E-state index in [0.717, 1.165) is 24.4 Å². The highest BCUT2D eigenvalue weighted by Crippen LogP contribution is 2.41. The molecule has 2 unspecified atom stereocenters. The summed E-state index contributed by atoms with van der Waals surface area (Å²) in [6, 6.07) is 0. The summed E-state index contributed by atoms with van der Waals surface area (Å²) >= 11 is 12.5. The normalized spacial score (nSPS) is 47.1. The second kappa shape index (κ2) is 7.20. The van der Waals surface area contributed by atoms with Crippen molar-refractivity contribution in [3.05, 3.63) is 0 Å². The van der Waals surface area contributed by atoms with Gasteiger partial charge in [-0.25, -0.2) is 0 Å². The fourth-order valence-electron chi connectivity index (χ4n) is 4.69. The van der Waals surface area contributed by atoms with Crippen molar-refractivity contribution >= 4 is 23.2 Å². The van der Waals surface area contributed by atoms with Gasteiger partial charge in [-0.15, -0.1) is 23.2 Å². The predicted molar refractivity (Wildman–Crippen MR) is 86.8 cm³/mol. The van der Waals surface area contributed by atoms with Crippen molar-refractivity contribution in [2.75, 3.05) is 6.61 Å². The Kier molecular flexibility index (Phi) is 5.56. The molecule has 1 saturated heterocycles. The van der Waals surface area contributed by atoms with E-state index >= 15 is 0 Å². The van der Waals surface area contributed by atoms with Crippen LogP contribution in [0.3, 0.4) is 0 Å². The minimum Gasteiger partial charge on any atom is -0.431 e. The van der Waals surface area contributed by atoms with Gasteiger partial charge in [0.05, 0.1) is 0 Å². The number of halogens is 2. The SMILES string of the molecule is ClC1CCC(C2CC[OH+]C(C3CCC(Cl)CC3)C2)CC1. The van der Waals surface area contributed by atoms with Gasteiger partial charge in [0.25, 0.3) is 0 Å². The van der Waals surface area contributed by atoms with Crippen molar-refractivity contribution in [3.8, 4) is 0 Å². The summed E-state index contributed by atoms with van der Waals surface area (Å²) in [5, 5.41) is 0.888. The molecule has 1 heterocycles. The standard InChI is InChI=1S/C17H28Cl2O/c18-15-5-1-12(2-6-15)14-9-10-20-17(11-14)13-3-7-16(19)8-4-13/h12-17H,1-11H2/p+1. The van der Waals surface area contributed by atoms with Gasteiger partial charge in [0.15, 0.2) is 6.10 Å². The van der Waals surface area contributed by atoms with Gasteiger partial charge < -0.3 is 4.74 Å². The summed E-state index contributed by atoms with van der Waals surface area (Å²) in [6.07, 6.45) is 13.6. The van der Waals surface area contributed by atoms with Crippen LogP contribution in [-0.2, 0) is 0 Å². The molecule has 1 nitrogen and oxygen atoms in total. The molecule has 3 heteroatoms. The molecular formula is C17H29Cl2O+. The Bertz CT molecular complexity index is 265. The lowest BCUT2D eigenvalue weighted by molar-refractivity contribution is -0.178. The molecule has 0 spiro atoms. The number of ether oxygens (including phenoxy) is 1. The van der Waals surface area contributed by atoms with Crippen LogP contribution in [0.1, 0.15) is 64.2 Å². The largest absolute Gasteiger partial charge is 0.431 e. The van der Waals surface area contributed by atoms with Crippen molar-refractivity contribution in [2.45, 2.75) is 81.1 Å². The van der Waals surface area contributed by atoms with Crippen LogP contribution < -0.4 is 0 Å². The molecule has 0 aromatic heterocycles. The Balaban J connectivity index is 1.51. The minimum absolute atomic E-state index is 0.435. The van der Waals surface area contributed by atoms with Gasteiger partial charge in [-0.1, -0.05) is 0 Å². The third kappa shape index (κ3) is 3.84. The summed E-state index contributed by atoms with van der Waals surface area (Å²) in [6.45, 7) is 1.11. The fourth-order valence-corrected chi connectivity index (χ4v) is 5.20. The smallest absolute Gasteiger partial charge is 0.157 e. The average Bonchev–Trinajstić information content (AvgIpc) is 2.49. The van der Waals surface area contributed by atoms with Crippen molar-refractivity contribution < 1.29 is 4.74 Å². The van der Waals surface area contributed by atoms with Gasteiger partial charge in [0.2, 0.25) is 0 Å². The van der Waals surface area contributed by atoms with Crippen molar-refractivity contribution in [2.24, 2.45) is 17.8 Å². The van der Waals surface area contributed by atoms with E-state index in [1.807, 2.05) is 0 Å². The molecule has 20 heavy (non-hydrogen) atoms. The molecule has 0 aromatic rings. The number of alkyl halides is 2. The number of hydrogen-bond donors (Lipinski definition) is 0. The molecule has 1 N–H and O–H groups in total. The highest BCUT2D eigenvalue weighted by molar-refractivity contribution is 6.20. The Labute approximate surface area is 133 Å². The zero-order valence-corrected chi connectivity index (χ0v) is 14.0. The summed E-state index contributed by atoms with van der Waals surface area (Å²) in [5.41, 5.74) is 0. The number of hydrogen-bond acceptors (Lipinski definition) is 0. The molecule has 3 aliphatic rings. The van der Waals surface area contributed by atoms with E-state index in [0.29, 0.717) is 16.9 Å². The molecule has 116 valence electrons. The van der Waals surface area contributed by atoms with Crippen LogP contribution in [0.2, 0.25) is 0 Å². The van der Waals surface area contributed by atoms with Gasteiger partial charge in [-0.2, -0.15) is 0 Å². The number of rotatable bonds is 2. The molecule has 3 rings (SSSR count). The first-order valence-corrected chi connectivity index (χ1v) is 9.54. The van der Waals surface area contributed by atoms with Gasteiger partial charge >= 0.3 is 0 Å². The van der Waals surface area contributed by atoms with Gasteiger partial charge in [0.1, 0.15) is 6.61 Å². The van der Waals surface area contributed by atoms with E-state index < -0.39 is 0 Å². The third-order valence-corrected chi connectivity index (χ3v) is 6.89. The number of aliphatic hydroxyl groups is 2. The maximum Gasteiger partial charge on any atom is 0.157 e. The molecular weight excluding hydrogens is 291 g/mol. The molecule has 0 bridgehead atoms. The van der Waals surface area contributed by atoms with Crippen LogP contribution in [0.25, 0.3) is 0 Å². The van der Waals surface area contributed by atoms with E-state index in [-0.39, 0.29) is 0 Å². The van der Waals surface area contributed by atoms with E-state index in [4.69, 9.17) is 27.9 Å². The van der Waals surface area contributed by atoms with E-state index in [9.17, 15) is 0 Å². The second-order valence-corrected chi connectivity index (χ2v) is 8.52. The molecule has 0 amide bonds. The van der Waals surface area contributed by atoms with Crippen molar-refractivity contribution in [1.29, 1.82) is 0 Å². The van der Waals surface area contributed by atoms with E-state index in [1.54, 1.807) is 0 Å². The lowest BCUT2D eigenvalue weighted by Crippen LogP contribution is -2.39. The summed E-state index contributed by atoms with van der Waals surface area (Å²) in [7, 11) is 0. The molecule has 0 radical (unpaired) electrons. The first kappa shape index (κ1) is 15.4. The van der Waals surface area contributed by atoms with Crippen LogP contribution in [0.4, 0.5) is 0 Å².